The number of hydrogen-bond acceptors (Lipinski definition) is 3. The van der Waals surface area contributed by atoms with Gasteiger partial charge < -0.3 is 4.90 Å². The number of amides is 1. The highest BCUT2D eigenvalue weighted by Crippen LogP contribution is 2.20. The number of rotatable bonds is 5. The number of hydrogen-bond donors (Lipinski definition) is 0. The molecule has 144 valence electrons. The minimum absolute atomic E-state index is 0.0333. The van der Waals surface area contributed by atoms with Crippen LogP contribution in [0.2, 0.25) is 0 Å². The third-order valence-electron chi connectivity index (χ3n) is 5.00. The molecule has 0 radical (unpaired) electrons. The van der Waals surface area contributed by atoms with Gasteiger partial charge in [0.05, 0.1) is 4.90 Å². The molecule has 1 aliphatic rings. The van der Waals surface area contributed by atoms with E-state index in [4.69, 9.17) is 0 Å². The summed E-state index contributed by atoms with van der Waals surface area (Å²) in [6, 6.07) is 14.6. The predicted molar refractivity (Wildman–Crippen MR) is 106 cm³/mol. The minimum atomic E-state index is -3.52. The summed E-state index contributed by atoms with van der Waals surface area (Å²) in [7, 11) is -3.52. The molecule has 0 spiro atoms. The Morgan fingerprint density at radius 1 is 0.963 bits per heavy atom. The lowest BCUT2D eigenvalue weighted by Crippen LogP contribution is -2.50. The van der Waals surface area contributed by atoms with Crippen molar-refractivity contribution >= 4 is 15.9 Å². The molecule has 0 N–H and O–H groups in total. The maximum absolute atomic E-state index is 12.9. The zero-order valence-corrected chi connectivity index (χ0v) is 16.7. The second kappa shape index (κ2) is 8.23. The zero-order chi connectivity index (χ0) is 19.4. The number of piperazine rings is 1. The standard InChI is InChI=1S/C21H26N2O3S/c1-3-6-18-9-11-19(12-10-18)27(25,26)23-15-13-22(14-16-23)21(24)20-8-5-4-7-17(20)2/h4-5,7-12H,3,6,13-16H2,1-2H3. The van der Waals surface area contributed by atoms with Crippen LogP contribution in [0.4, 0.5) is 0 Å². The molecule has 1 saturated heterocycles. The Hall–Kier alpha value is -2.18. The predicted octanol–water partition coefficient (Wildman–Crippen LogP) is 3.09. The Bertz CT molecular complexity index is 899. The van der Waals surface area contributed by atoms with Gasteiger partial charge in [-0.3, -0.25) is 4.79 Å². The lowest BCUT2D eigenvalue weighted by Gasteiger charge is -2.34. The molecular formula is C21H26N2O3S. The molecule has 1 fully saturated rings. The van der Waals surface area contributed by atoms with Gasteiger partial charge in [0, 0.05) is 31.7 Å². The Morgan fingerprint density at radius 3 is 2.19 bits per heavy atom. The fraction of sp³-hybridized carbons (Fsp3) is 0.381. The van der Waals surface area contributed by atoms with Gasteiger partial charge in [-0.15, -0.1) is 0 Å². The lowest BCUT2D eigenvalue weighted by atomic mass is 10.1. The summed E-state index contributed by atoms with van der Waals surface area (Å²) < 4.78 is 27.2. The van der Waals surface area contributed by atoms with Crippen molar-refractivity contribution in [3.63, 3.8) is 0 Å². The van der Waals surface area contributed by atoms with Crippen LogP contribution in [-0.2, 0) is 16.4 Å². The number of benzene rings is 2. The number of nitrogens with zero attached hydrogens (tertiary/aromatic N) is 2. The van der Waals surface area contributed by atoms with Gasteiger partial charge in [-0.25, -0.2) is 8.42 Å². The summed E-state index contributed by atoms with van der Waals surface area (Å²) in [5.74, 6) is -0.0333. The maximum Gasteiger partial charge on any atom is 0.254 e. The number of carbonyl (C=O) groups is 1. The van der Waals surface area contributed by atoms with Crippen LogP contribution in [0, 0.1) is 6.92 Å². The molecule has 6 heteroatoms. The Labute approximate surface area is 161 Å². The molecule has 2 aromatic rings. The van der Waals surface area contributed by atoms with Crippen molar-refractivity contribution in [3.05, 3.63) is 65.2 Å². The topological polar surface area (TPSA) is 57.7 Å². The number of aryl methyl sites for hydroxylation is 2. The van der Waals surface area contributed by atoms with Crippen molar-refractivity contribution in [2.24, 2.45) is 0 Å². The fourth-order valence-corrected chi connectivity index (χ4v) is 4.80. The molecule has 0 bridgehead atoms. The first-order valence-electron chi connectivity index (χ1n) is 9.37. The van der Waals surface area contributed by atoms with Gasteiger partial charge in [0.2, 0.25) is 10.0 Å². The summed E-state index contributed by atoms with van der Waals surface area (Å²) in [6.45, 7) is 5.45. The van der Waals surface area contributed by atoms with E-state index in [1.807, 2.05) is 43.3 Å². The van der Waals surface area contributed by atoms with Gasteiger partial charge >= 0.3 is 0 Å². The van der Waals surface area contributed by atoms with E-state index in [1.54, 1.807) is 17.0 Å². The van der Waals surface area contributed by atoms with Crippen LogP contribution in [0.5, 0.6) is 0 Å². The highest BCUT2D eigenvalue weighted by molar-refractivity contribution is 7.89. The van der Waals surface area contributed by atoms with Crippen molar-refractivity contribution in [1.82, 2.24) is 9.21 Å². The van der Waals surface area contributed by atoms with E-state index in [0.717, 1.165) is 24.0 Å². The molecule has 0 atom stereocenters. The minimum Gasteiger partial charge on any atom is -0.336 e. The van der Waals surface area contributed by atoms with Gasteiger partial charge in [0.25, 0.3) is 5.91 Å². The van der Waals surface area contributed by atoms with E-state index in [9.17, 15) is 13.2 Å². The van der Waals surface area contributed by atoms with Crippen molar-refractivity contribution < 1.29 is 13.2 Å². The molecule has 0 aliphatic carbocycles. The van der Waals surface area contributed by atoms with Gasteiger partial charge in [0.1, 0.15) is 0 Å². The molecule has 2 aromatic carbocycles. The van der Waals surface area contributed by atoms with Crippen LogP contribution in [0.3, 0.4) is 0 Å². The van der Waals surface area contributed by atoms with Crippen LogP contribution in [0.25, 0.3) is 0 Å². The normalized spacial score (nSPS) is 15.7. The van der Waals surface area contributed by atoms with Crippen molar-refractivity contribution in [3.8, 4) is 0 Å². The van der Waals surface area contributed by atoms with Crippen LogP contribution in [-0.4, -0.2) is 49.7 Å². The van der Waals surface area contributed by atoms with E-state index >= 15 is 0 Å². The molecule has 27 heavy (non-hydrogen) atoms. The van der Waals surface area contributed by atoms with Crippen LogP contribution in [0.1, 0.15) is 34.8 Å². The zero-order valence-electron chi connectivity index (χ0n) is 15.9. The molecule has 1 amide bonds. The first-order valence-corrected chi connectivity index (χ1v) is 10.8. The third-order valence-corrected chi connectivity index (χ3v) is 6.91. The van der Waals surface area contributed by atoms with E-state index in [1.165, 1.54) is 4.31 Å². The van der Waals surface area contributed by atoms with E-state index < -0.39 is 10.0 Å². The summed E-state index contributed by atoms with van der Waals surface area (Å²) in [5.41, 5.74) is 2.76. The molecular weight excluding hydrogens is 360 g/mol. The second-order valence-corrected chi connectivity index (χ2v) is 8.84. The maximum atomic E-state index is 12.9. The molecule has 5 nitrogen and oxygen atoms in total. The molecule has 1 aliphatic heterocycles. The molecule has 1 heterocycles. The fourth-order valence-electron chi connectivity index (χ4n) is 3.38. The van der Waals surface area contributed by atoms with E-state index in [-0.39, 0.29) is 5.91 Å². The van der Waals surface area contributed by atoms with Gasteiger partial charge in [-0.05, 0) is 42.7 Å². The summed E-state index contributed by atoms with van der Waals surface area (Å²) >= 11 is 0. The van der Waals surface area contributed by atoms with Crippen LogP contribution in [0.15, 0.2) is 53.4 Å². The Balaban J connectivity index is 1.67. The molecule has 0 unspecified atom stereocenters. The number of carbonyl (C=O) groups excluding carboxylic acids is 1. The first kappa shape index (κ1) is 19.6. The highest BCUT2D eigenvalue weighted by atomic mass is 32.2. The van der Waals surface area contributed by atoms with Gasteiger partial charge in [-0.2, -0.15) is 4.31 Å². The van der Waals surface area contributed by atoms with E-state index in [0.29, 0.717) is 36.6 Å². The monoisotopic (exact) mass is 386 g/mol. The van der Waals surface area contributed by atoms with Crippen LogP contribution < -0.4 is 0 Å². The SMILES string of the molecule is CCCc1ccc(S(=O)(=O)N2CCN(C(=O)c3ccccc3C)CC2)cc1. The lowest BCUT2D eigenvalue weighted by molar-refractivity contribution is 0.0697. The van der Waals surface area contributed by atoms with Crippen molar-refractivity contribution in [1.29, 1.82) is 0 Å². The van der Waals surface area contributed by atoms with Gasteiger partial charge in [-0.1, -0.05) is 43.7 Å². The Morgan fingerprint density at radius 2 is 1.59 bits per heavy atom. The summed E-state index contributed by atoms with van der Waals surface area (Å²) in [4.78, 5) is 14.8. The van der Waals surface area contributed by atoms with Crippen molar-refractivity contribution in [2.75, 3.05) is 26.2 Å². The van der Waals surface area contributed by atoms with E-state index in [2.05, 4.69) is 6.92 Å². The van der Waals surface area contributed by atoms with Crippen molar-refractivity contribution in [2.45, 2.75) is 31.6 Å². The van der Waals surface area contributed by atoms with Gasteiger partial charge in [0.15, 0.2) is 0 Å². The second-order valence-electron chi connectivity index (χ2n) is 6.91. The first-order chi connectivity index (χ1) is 12.9. The summed E-state index contributed by atoms with van der Waals surface area (Å²) in [6.07, 6.45) is 1.98. The number of sulfonamides is 1. The average Bonchev–Trinajstić information content (AvgIpc) is 2.69. The Kier molecular flexibility index (Phi) is 5.97. The van der Waals surface area contributed by atoms with Crippen LogP contribution >= 0.6 is 0 Å². The molecule has 0 aromatic heterocycles. The smallest absolute Gasteiger partial charge is 0.254 e. The average molecular weight is 387 g/mol. The summed E-state index contributed by atoms with van der Waals surface area (Å²) in [5, 5.41) is 0. The molecule has 3 rings (SSSR count). The molecule has 0 saturated carbocycles. The largest absolute Gasteiger partial charge is 0.336 e. The quantitative estimate of drug-likeness (QED) is 0.793. The third kappa shape index (κ3) is 4.22. The highest BCUT2D eigenvalue weighted by Gasteiger charge is 2.30.